The molecule has 0 aromatic heterocycles. The zero-order valence-electron chi connectivity index (χ0n) is 11.0. The minimum absolute atomic E-state index is 0.209. The molecule has 0 saturated carbocycles. The van der Waals surface area contributed by atoms with Crippen LogP contribution in [0.2, 0.25) is 0 Å². The summed E-state index contributed by atoms with van der Waals surface area (Å²) in [6.07, 6.45) is 2.27. The van der Waals surface area contributed by atoms with Gasteiger partial charge in [-0.25, -0.2) is 4.79 Å². The van der Waals surface area contributed by atoms with E-state index in [1.165, 1.54) is 11.8 Å². The molecular formula is C13H16BrNO4S. The van der Waals surface area contributed by atoms with Crippen molar-refractivity contribution in [2.45, 2.75) is 12.5 Å². The number of amides is 1. The molecule has 0 fully saturated rings. The molecule has 0 unspecified atom stereocenters. The van der Waals surface area contributed by atoms with Gasteiger partial charge in [0.1, 0.15) is 11.8 Å². The van der Waals surface area contributed by atoms with Crippen LogP contribution < -0.4 is 10.1 Å². The van der Waals surface area contributed by atoms with E-state index in [-0.39, 0.29) is 6.61 Å². The summed E-state index contributed by atoms with van der Waals surface area (Å²) in [7, 11) is 0. The van der Waals surface area contributed by atoms with Crippen molar-refractivity contribution in [1.29, 1.82) is 0 Å². The molecule has 0 spiro atoms. The maximum absolute atomic E-state index is 11.7. The van der Waals surface area contributed by atoms with Gasteiger partial charge in [-0.1, -0.05) is 22.0 Å². The Balaban J connectivity index is 2.43. The number of aliphatic carboxylic acids is 1. The van der Waals surface area contributed by atoms with E-state index in [1.807, 2.05) is 12.3 Å². The Morgan fingerprint density at radius 1 is 1.50 bits per heavy atom. The second-order valence-corrected chi connectivity index (χ2v) is 5.89. The number of carboxylic acids is 1. The molecule has 0 aliphatic carbocycles. The van der Waals surface area contributed by atoms with Gasteiger partial charge in [-0.15, -0.1) is 0 Å². The summed E-state index contributed by atoms with van der Waals surface area (Å²) < 4.78 is 6.14. The minimum Gasteiger partial charge on any atom is -0.484 e. The molecule has 0 aliphatic heterocycles. The van der Waals surface area contributed by atoms with Crippen molar-refractivity contribution >= 4 is 39.6 Å². The van der Waals surface area contributed by atoms with Crippen molar-refractivity contribution in [2.24, 2.45) is 0 Å². The normalized spacial score (nSPS) is 11.7. The van der Waals surface area contributed by atoms with E-state index in [2.05, 4.69) is 21.2 Å². The molecule has 1 aromatic carbocycles. The fraction of sp³-hybridized carbons (Fsp3) is 0.385. The highest BCUT2D eigenvalue weighted by Gasteiger charge is 2.19. The number of carbonyl (C=O) groups is 2. The number of thioether (sulfide) groups is 1. The third-order valence-corrected chi connectivity index (χ3v) is 3.55. The zero-order valence-corrected chi connectivity index (χ0v) is 13.4. The standard InChI is InChI=1S/C13H16BrNO4S/c1-20-6-5-11(13(17)18)15-12(16)8-19-10-4-2-3-9(14)7-10/h2-4,7,11H,5-6,8H2,1H3,(H,15,16)(H,17,18)/t11-/m1/s1. The Hall–Kier alpha value is -1.21. The molecule has 0 heterocycles. The first kappa shape index (κ1) is 16.8. The summed E-state index contributed by atoms with van der Waals surface area (Å²) in [5.74, 6) is -0.261. The molecule has 0 aliphatic rings. The summed E-state index contributed by atoms with van der Waals surface area (Å²) in [4.78, 5) is 22.7. The lowest BCUT2D eigenvalue weighted by atomic mass is 10.2. The van der Waals surface area contributed by atoms with Crippen LogP contribution in [0.15, 0.2) is 28.7 Å². The van der Waals surface area contributed by atoms with Crippen molar-refractivity contribution in [3.63, 3.8) is 0 Å². The molecule has 0 bridgehead atoms. The molecule has 20 heavy (non-hydrogen) atoms. The minimum atomic E-state index is -1.03. The highest BCUT2D eigenvalue weighted by molar-refractivity contribution is 9.10. The highest BCUT2D eigenvalue weighted by Crippen LogP contribution is 2.17. The van der Waals surface area contributed by atoms with Crippen molar-refractivity contribution in [3.05, 3.63) is 28.7 Å². The number of halogens is 1. The monoisotopic (exact) mass is 361 g/mol. The van der Waals surface area contributed by atoms with E-state index in [4.69, 9.17) is 9.84 Å². The first-order valence-electron chi connectivity index (χ1n) is 5.92. The summed E-state index contributed by atoms with van der Waals surface area (Å²) in [6.45, 7) is -0.209. The summed E-state index contributed by atoms with van der Waals surface area (Å²) in [5, 5.41) is 11.4. The van der Waals surface area contributed by atoms with E-state index < -0.39 is 17.9 Å². The van der Waals surface area contributed by atoms with Gasteiger partial charge in [0.25, 0.3) is 5.91 Å². The molecule has 0 saturated heterocycles. The van der Waals surface area contributed by atoms with E-state index >= 15 is 0 Å². The topological polar surface area (TPSA) is 75.6 Å². The predicted molar refractivity (Wildman–Crippen MR) is 82.2 cm³/mol. The number of hydrogen-bond acceptors (Lipinski definition) is 4. The Morgan fingerprint density at radius 2 is 2.25 bits per heavy atom. The highest BCUT2D eigenvalue weighted by atomic mass is 79.9. The average Bonchev–Trinajstić information content (AvgIpc) is 2.41. The Bertz CT molecular complexity index is 469. The lowest BCUT2D eigenvalue weighted by Crippen LogP contribution is -2.43. The molecule has 2 N–H and O–H groups in total. The Morgan fingerprint density at radius 3 is 2.85 bits per heavy atom. The predicted octanol–water partition coefficient (Wildman–Crippen LogP) is 2.15. The number of rotatable bonds is 8. The summed E-state index contributed by atoms with van der Waals surface area (Å²) in [5.41, 5.74) is 0. The van der Waals surface area contributed by atoms with Gasteiger partial charge in [0.05, 0.1) is 0 Å². The van der Waals surface area contributed by atoms with Crippen molar-refractivity contribution < 1.29 is 19.4 Å². The molecule has 5 nitrogen and oxygen atoms in total. The molecule has 1 rings (SSSR count). The smallest absolute Gasteiger partial charge is 0.326 e. The summed E-state index contributed by atoms with van der Waals surface area (Å²) >= 11 is 4.83. The van der Waals surface area contributed by atoms with Crippen LogP contribution in [0.4, 0.5) is 0 Å². The number of carboxylic acid groups (broad SMARTS) is 1. The van der Waals surface area contributed by atoms with Crippen LogP contribution in [-0.4, -0.2) is 41.6 Å². The van der Waals surface area contributed by atoms with Crippen LogP contribution in [0.1, 0.15) is 6.42 Å². The van der Waals surface area contributed by atoms with E-state index in [9.17, 15) is 9.59 Å². The van der Waals surface area contributed by atoms with Crippen molar-refractivity contribution in [1.82, 2.24) is 5.32 Å². The van der Waals surface area contributed by atoms with Crippen LogP contribution >= 0.6 is 27.7 Å². The Labute approximate surface area is 130 Å². The van der Waals surface area contributed by atoms with E-state index in [0.717, 1.165) is 4.47 Å². The second kappa shape index (κ2) is 8.86. The third-order valence-electron chi connectivity index (χ3n) is 2.41. The first-order chi connectivity index (χ1) is 9.52. The Kier molecular flexibility index (Phi) is 7.46. The molecule has 0 radical (unpaired) electrons. The van der Waals surface area contributed by atoms with Gasteiger partial charge in [0.2, 0.25) is 0 Å². The number of ether oxygens (including phenoxy) is 1. The van der Waals surface area contributed by atoms with Gasteiger partial charge in [0, 0.05) is 4.47 Å². The van der Waals surface area contributed by atoms with Crippen LogP contribution in [0.25, 0.3) is 0 Å². The fourth-order valence-electron chi connectivity index (χ4n) is 1.43. The fourth-order valence-corrected chi connectivity index (χ4v) is 2.28. The van der Waals surface area contributed by atoms with Gasteiger partial charge in [-0.2, -0.15) is 11.8 Å². The average molecular weight is 362 g/mol. The number of benzene rings is 1. The van der Waals surface area contributed by atoms with E-state index in [1.54, 1.807) is 18.2 Å². The van der Waals surface area contributed by atoms with Crippen LogP contribution in [0.3, 0.4) is 0 Å². The molecule has 1 atom stereocenters. The van der Waals surface area contributed by atoms with Gasteiger partial charge in [-0.3, -0.25) is 4.79 Å². The molecule has 7 heteroatoms. The molecule has 110 valence electrons. The molecular weight excluding hydrogens is 346 g/mol. The lowest BCUT2D eigenvalue weighted by Gasteiger charge is -2.14. The largest absolute Gasteiger partial charge is 0.484 e. The SMILES string of the molecule is CSCC[C@@H](NC(=O)COc1cccc(Br)c1)C(=O)O. The van der Waals surface area contributed by atoms with Gasteiger partial charge < -0.3 is 15.2 Å². The zero-order chi connectivity index (χ0) is 15.0. The van der Waals surface area contributed by atoms with Crippen molar-refractivity contribution in [3.8, 4) is 5.75 Å². The first-order valence-corrected chi connectivity index (χ1v) is 8.11. The summed E-state index contributed by atoms with van der Waals surface area (Å²) in [6, 6.07) is 6.21. The van der Waals surface area contributed by atoms with Gasteiger partial charge in [0.15, 0.2) is 6.61 Å². The molecule has 1 amide bonds. The molecule has 1 aromatic rings. The number of hydrogen-bond donors (Lipinski definition) is 2. The number of nitrogens with one attached hydrogen (secondary N) is 1. The second-order valence-electron chi connectivity index (χ2n) is 3.99. The van der Waals surface area contributed by atoms with Crippen LogP contribution in [0, 0.1) is 0 Å². The maximum Gasteiger partial charge on any atom is 0.326 e. The van der Waals surface area contributed by atoms with Gasteiger partial charge >= 0.3 is 5.97 Å². The third kappa shape index (κ3) is 6.29. The number of carbonyl (C=O) groups excluding carboxylic acids is 1. The van der Waals surface area contributed by atoms with Crippen molar-refractivity contribution in [2.75, 3.05) is 18.6 Å². The van der Waals surface area contributed by atoms with Crippen LogP contribution in [-0.2, 0) is 9.59 Å². The van der Waals surface area contributed by atoms with Gasteiger partial charge in [-0.05, 0) is 36.6 Å². The van der Waals surface area contributed by atoms with Crippen LogP contribution in [0.5, 0.6) is 5.75 Å². The lowest BCUT2D eigenvalue weighted by molar-refractivity contribution is -0.142. The maximum atomic E-state index is 11.7. The quantitative estimate of drug-likeness (QED) is 0.741. The van der Waals surface area contributed by atoms with E-state index in [0.29, 0.717) is 17.9 Å².